The number of ether oxygens (including phenoxy) is 1. The van der Waals surface area contributed by atoms with Gasteiger partial charge in [-0.25, -0.2) is 9.78 Å². The van der Waals surface area contributed by atoms with Crippen molar-refractivity contribution in [3.05, 3.63) is 59.8 Å². The summed E-state index contributed by atoms with van der Waals surface area (Å²) in [6, 6.07) is 6.06. The molecule has 0 radical (unpaired) electrons. The van der Waals surface area contributed by atoms with E-state index in [0.29, 0.717) is 13.1 Å². The zero-order valence-corrected chi connectivity index (χ0v) is 18.6. The Morgan fingerprint density at radius 1 is 1.13 bits per heavy atom. The first kappa shape index (κ1) is 20.8. The van der Waals surface area contributed by atoms with Gasteiger partial charge in [0.1, 0.15) is 11.3 Å². The van der Waals surface area contributed by atoms with Gasteiger partial charge in [-0.15, -0.1) is 0 Å². The van der Waals surface area contributed by atoms with Crippen molar-refractivity contribution in [2.45, 2.75) is 40.2 Å². The Morgan fingerprint density at radius 2 is 1.90 bits per heavy atom. The molecule has 0 atom stereocenters. The molecule has 0 fully saturated rings. The highest BCUT2D eigenvalue weighted by Crippen LogP contribution is 2.28. The van der Waals surface area contributed by atoms with Crippen molar-refractivity contribution in [2.24, 2.45) is 0 Å². The van der Waals surface area contributed by atoms with Crippen LogP contribution in [-0.4, -0.2) is 49.6 Å². The third kappa shape index (κ3) is 4.66. The molecule has 0 bridgehead atoms. The van der Waals surface area contributed by atoms with Crippen molar-refractivity contribution >= 4 is 11.7 Å². The smallest absolute Gasteiger partial charge is 0.410 e. The van der Waals surface area contributed by atoms with Crippen LogP contribution in [0.25, 0.3) is 28.2 Å². The molecule has 1 aliphatic rings. The predicted octanol–water partition coefficient (Wildman–Crippen LogP) is 4.78. The number of aromatic nitrogens is 4. The molecular formula is C24H27N5O2. The summed E-state index contributed by atoms with van der Waals surface area (Å²) in [6.07, 6.45) is 7.20. The van der Waals surface area contributed by atoms with Crippen LogP contribution >= 0.6 is 0 Å². The lowest BCUT2D eigenvalue weighted by atomic mass is 10.0. The quantitative estimate of drug-likeness (QED) is 0.663. The monoisotopic (exact) mass is 417 g/mol. The second-order valence-corrected chi connectivity index (χ2v) is 8.78. The fourth-order valence-electron chi connectivity index (χ4n) is 3.41. The van der Waals surface area contributed by atoms with Crippen LogP contribution in [0.1, 0.15) is 37.7 Å². The molecule has 7 heteroatoms. The van der Waals surface area contributed by atoms with Crippen LogP contribution < -0.4 is 0 Å². The van der Waals surface area contributed by atoms with Gasteiger partial charge >= 0.3 is 6.09 Å². The number of hydrogen-bond acceptors (Lipinski definition) is 5. The molecule has 1 N–H and O–H groups in total. The highest BCUT2D eigenvalue weighted by molar-refractivity contribution is 5.79. The molecule has 31 heavy (non-hydrogen) atoms. The Bertz CT molecular complexity index is 1140. The van der Waals surface area contributed by atoms with Crippen molar-refractivity contribution in [2.75, 3.05) is 13.1 Å². The molecule has 3 aromatic heterocycles. The first-order valence-electron chi connectivity index (χ1n) is 10.3. The summed E-state index contributed by atoms with van der Waals surface area (Å²) in [4.78, 5) is 30.8. The Hall–Kier alpha value is -3.48. The van der Waals surface area contributed by atoms with Gasteiger partial charge in [0.15, 0.2) is 5.82 Å². The zero-order chi connectivity index (χ0) is 22.2. The minimum absolute atomic E-state index is 0.300. The molecule has 3 aromatic rings. The summed E-state index contributed by atoms with van der Waals surface area (Å²) in [5.74, 6) is 0.757. The molecule has 0 unspecified atom stereocenters. The summed E-state index contributed by atoms with van der Waals surface area (Å²) in [6.45, 7) is 10.6. The van der Waals surface area contributed by atoms with Crippen molar-refractivity contribution < 1.29 is 9.53 Å². The van der Waals surface area contributed by atoms with E-state index < -0.39 is 5.60 Å². The third-order valence-corrected chi connectivity index (χ3v) is 5.14. The maximum Gasteiger partial charge on any atom is 0.410 e. The molecule has 0 aromatic carbocycles. The summed E-state index contributed by atoms with van der Waals surface area (Å²) in [7, 11) is 0. The van der Waals surface area contributed by atoms with Crippen LogP contribution in [0.4, 0.5) is 4.79 Å². The van der Waals surface area contributed by atoms with Gasteiger partial charge in [0.25, 0.3) is 0 Å². The number of aromatic amines is 1. The maximum absolute atomic E-state index is 12.4. The Morgan fingerprint density at radius 3 is 2.61 bits per heavy atom. The van der Waals surface area contributed by atoms with E-state index in [0.717, 1.165) is 45.2 Å². The summed E-state index contributed by atoms with van der Waals surface area (Å²) in [5.41, 5.74) is 6.33. The van der Waals surface area contributed by atoms with Crippen molar-refractivity contribution in [1.82, 2.24) is 24.8 Å². The number of H-pyrrole nitrogens is 1. The lowest BCUT2D eigenvalue weighted by molar-refractivity contribution is 0.0306. The van der Waals surface area contributed by atoms with Gasteiger partial charge in [-0.05, 0) is 69.5 Å². The highest BCUT2D eigenvalue weighted by Gasteiger charge is 2.26. The van der Waals surface area contributed by atoms with Crippen LogP contribution in [-0.2, 0) is 4.74 Å². The molecule has 0 saturated carbocycles. The van der Waals surface area contributed by atoms with E-state index >= 15 is 0 Å². The standard InChI is InChI=1S/C24H27N5O2/c1-15-16(2)28-22(27-15)21-11-17(6-8-26-21)19-10-20(13-25-12-19)18-7-9-29(14-18)23(30)31-24(3,4)5/h6-8,10-13H,9,14H2,1-5H3,(H,27,28). The predicted molar refractivity (Wildman–Crippen MR) is 120 cm³/mol. The summed E-state index contributed by atoms with van der Waals surface area (Å²) >= 11 is 0. The minimum Gasteiger partial charge on any atom is -0.444 e. The summed E-state index contributed by atoms with van der Waals surface area (Å²) < 4.78 is 5.49. The number of hydrogen-bond donors (Lipinski definition) is 1. The van der Waals surface area contributed by atoms with E-state index in [1.54, 1.807) is 11.1 Å². The number of pyridine rings is 2. The second kappa shape index (κ2) is 7.98. The van der Waals surface area contributed by atoms with Crippen LogP contribution in [0.15, 0.2) is 42.9 Å². The lowest BCUT2D eigenvalue weighted by Crippen LogP contribution is -2.35. The molecule has 7 nitrogen and oxygen atoms in total. The average molecular weight is 418 g/mol. The second-order valence-electron chi connectivity index (χ2n) is 8.78. The number of amides is 1. The zero-order valence-electron chi connectivity index (χ0n) is 18.6. The van der Waals surface area contributed by atoms with E-state index in [-0.39, 0.29) is 6.09 Å². The number of carbonyl (C=O) groups is 1. The molecule has 0 aliphatic carbocycles. The first-order valence-corrected chi connectivity index (χ1v) is 10.3. The average Bonchev–Trinajstić information content (AvgIpc) is 3.35. The lowest BCUT2D eigenvalue weighted by Gasteiger charge is -2.24. The van der Waals surface area contributed by atoms with Crippen molar-refractivity contribution in [1.29, 1.82) is 0 Å². The van der Waals surface area contributed by atoms with Crippen LogP contribution in [0.5, 0.6) is 0 Å². The molecule has 4 heterocycles. The molecule has 0 saturated heterocycles. The van der Waals surface area contributed by atoms with Crippen molar-refractivity contribution in [3.63, 3.8) is 0 Å². The van der Waals surface area contributed by atoms with Gasteiger partial charge in [-0.3, -0.25) is 9.97 Å². The number of nitrogens with one attached hydrogen (secondary N) is 1. The largest absolute Gasteiger partial charge is 0.444 e. The van der Waals surface area contributed by atoms with E-state index in [4.69, 9.17) is 4.74 Å². The van der Waals surface area contributed by atoms with Gasteiger partial charge < -0.3 is 14.6 Å². The molecule has 1 aliphatic heterocycles. The number of carbonyl (C=O) groups excluding carboxylic acids is 1. The fraction of sp³-hybridized carbons (Fsp3) is 0.333. The van der Waals surface area contributed by atoms with E-state index in [1.807, 2.05) is 59.1 Å². The number of rotatable bonds is 3. The Balaban J connectivity index is 1.55. The van der Waals surface area contributed by atoms with Gasteiger partial charge in [0, 0.05) is 42.9 Å². The van der Waals surface area contributed by atoms with Crippen molar-refractivity contribution in [3.8, 4) is 22.6 Å². The van der Waals surface area contributed by atoms with Gasteiger partial charge in [-0.1, -0.05) is 6.08 Å². The SMILES string of the molecule is Cc1nc(-c2cc(-c3cncc(C4=CCN(C(=O)OC(C)(C)C)C4)c3)ccn2)[nH]c1C. The highest BCUT2D eigenvalue weighted by atomic mass is 16.6. The Labute approximate surface area is 182 Å². The molecular weight excluding hydrogens is 390 g/mol. The van der Waals surface area contributed by atoms with Gasteiger partial charge in [0.05, 0.1) is 5.69 Å². The number of nitrogens with zero attached hydrogens (tertiary/aromatic N) is 4. The number of aryl methyl sites for hydroxylation is 2. The molecule has 1 amide bonds. The fourth-order valence-corrected chi connectivity index (χ4v) is 3.41. The first-order chi connectivity index (χ1) is 14.7. The molecule has 0 spiro atoms. The third-order valence-electron chi connectivity index (χ3n) is 5.14. The van der Waals surface area contributed by atoms with E-state index in [2.05, 4.69) is 32.1 Å². The number of imidazole rings is 1. The van der Waals surface area contributed by atoms with Crippen LogP contribution in [0, 0.1) is 13.8 Å². The maximum atomic E-state index is 12.4. The van der Waals surface area contributed by atoms with Crippen LogP contribution in [0.2, 0.25) is 0 Å². The van der Waals surface area contributed by atoms with E-state index in [1.165, 1.54) is 0 Å². The molecule has 160 valence electrons. The minimum atomic E-state index is -0.508. The molecule has 4 rings (SSSR count). The summed E-state index contributed by atoms with van der Waals surface area (Å²) in [5, 5.41) is 0. The van der Waals surface area contributed by atoms with Gasteiger partial charge in [-0.2, -0.15) is 0 Å². The van der Waals surface area contributed by atoms with Gasteiger partial charge in [0.2, 0.25) is 0 Å². The van der Waals surface area contributed by atoms with Crippen LogP contribution in [0.3, 0.4) is 0 Å². The topological polar surface area (TPSA) is 84.0 Å². The Kier molecular flexibility index (Phi) is 5.35. The van der Waals surface area contributed by atoms with E-state index in [9.17, 15) is 4.79 Å². The normalized spacial score (nSPS) is 14.0.